The van der Waals surface area contributed by atoms with Crippen molar-refractivity contribution in [1.29, 1.82) is 0 Å². The number of hydrogen-bond donors (Lipinski definition) is 1. The van der Waals surface area contributed by atoms with Crippen molar-refractivity contribution >= 4 is 17.3 Å². The van der Waals surface area contributed by atoms with Gasteiger partial charge in [-0.25, -0.2) is 0 Å². The number of methoxy groups -OCH3 is 2. The molecule has 0 aromatic heterocycles. The summed E-state index contributed by atoms with van der Waals surface area (Å²) in [5.41, 5.74) is 5.12. The number of nitrogens with one attached hydrogen (secondary N) is 1. The summed E-state index contributed by atoms with van der Waals surface area (Å²) in [4.78, 5) is 18.9. The lowest BCUT2D eigenvalue weighted by molar-refractivity contribution is -0.116. The van der Waals surface area contributed by atoms with Crippen LogP contribution in [0.5, 0.6) is 11.5 Å². The largest absolute Gasteiger partial charge is 0.493 e. The van der Waals surface area contributed by atoms with Crippen LogP contribution in [0.2, 0.25) is 0 Å². The van der Waals surface area contributed by atoms with Crippen molar-refractivity contribution in [3.8, 4) is 11.5 Å². The minimum atomic E-state index is -0.0458. The molecule has 2 aromatic carbocycles. The zero-order valence-corrected chi connectivity index (χ0v) is 15.8. The van der Waals surface area contributed by atoms with Crippen LogP contribution in [-0.4, -0.2) is 46.0 Å². The molecule has 2 aliphatic rings. The van der Waals surface area contributed by atoms with Gasteiger partial charge in [-0.15, -0.1) is 0 Å². The van der Waals surface area contributed by atoms with Crippen LogP contribution < -0.4 is 19.7 Å². The van der Waals surface area contributed by atoms with Gasteiger partial charge in [-0.05, 0) is 17.2 Å². The number of likely N-dealkylation sites (N-methyl/N-ethyl adjacent to an activating group) is 1. The second-order valence-corrected chi connectivity index (χ2v) is 6.76. The molecule has 2 heterocycles. The van der Waals surface area contributed by atoms with Crippen molar-refractivity contribution in [3.05, 3.63) is 53.1 Å². The number of carbonyl (C=O) groups excluding carboxylic acids is 1. The highest BCUT2D eigenvalue weighted by atomic mass is 16.5. The van der Waals surface area contributed by atoms with Gasteiger partial charge in [0.05, 0.1) is 25.6 Å². The molecule has 0 aliphatic carbocycles. The second-order valence-electron chi connectivity index (χ2n) is 6.76. The third-order valence-electron chi connectivity index (χ3n) is 5.32. The van der Waals surface area contributed by atoms with Crippen molar-refractivity contribution in [2.45, 2.75) is 12.5 Å². The second kappa shape index (κ2) is 7.04. The fraction of sp³-hybridized carbons (Fsp3) is 0.333. The molecule has 2 aliphatic heterocycles. The van der Waals surface area contributed by atoms with Crippen LogP contribution in [0.4, 0.5) is 5.69 Å². The summed E-state index contributed by atoms with van der Waals surface area (Å²) in [5.74, 6) is 1.25. The van der Waals surface area contributed by atoms with Crippen molar-refractivity contribution < 1.29 is 14.3 Å². The number of carbonyl (C=O) groups is 1. The molecule has 27 heavy (non-hydrogen) atoms. The van der Waals surface area contributed by atoms with Gasteiger partial charge in [0.25, 0.3) is 0 Å². The molecule has 6 heteroatoms. The summed E-state index contributed by atoms with van der Waals surface area (Å²) in [6.45, 7) is 1.75. The van der Waals surface area contributed by atoms with Crippen molar-refractivity contribution in [2.75, 3.05) is 39.3 Å². The third-order valence-corrected chi connectivity index (χ3v) is 5.32. The van der Waals surface area contributed by atoms with E-state index in [1.807, 2.05) is 12.1 Å². The molecule has 6 nitrogen and oxygen atoms in total. The van der Waals surface area contributed by atoms with E-state index >= 15 is 0 Å². The first-order chi connectivity index (χ1) is 13.1. The lowest BCUT2D eigenvalue weighted by Crippen LogP contribution is -2.33. The van der Waals surface area contributed by atoms with Crippen molar-refractivity contribution in [1.82, 2.24) is 5.32 Å². The predicted molar refractivity (Wildman–Crippen MR) is 105 cm³/mol. The molecule has 0 radical (unpaired) electrons. The molecule has 4 rings (SSSR count). The fourth-order valence-electron chi connectivity index (χ4n) is 3.87. The van der Waals surface area contributed by atoms with E-state index in [4.69, 9.17) is 14.5 Å². The van der Waals surface area contributed by atoms with Crippen LogP contribution in [-0.2, 0) is 11.3 Å². The average Bonchev–Trinajstić information content (AvgIpc) is 2.83. The molecule has 2 aromatic rings. The lowest BCUT2D eigenvalue weighted by Gasteiger charge is -2.29. The molecule has 1 atom stereocenters. The Morgan fingerprint density at radius 1 is 1.15 bits per heavy atom. The summed E-state index contributed by atoms with van der Waals surface area (Å²) in [6, 6.07) is 12.2. The van der Waals surface area contributed by atoms with Gasteiger partial charge in [0.15, 0.2) is 11.5 Å². The number of benzodiazepines with no additional fused rings is 1. The number of nitrogens with zero attached hydrogens (tertiary/aromatic N) is 2. The molecule has 1 unspecified atom stereocenters. The maximum atomic E-state index is 12.5. The maximum Gasteiger partial charge on any atom is 0.248 e. The Morgan fingerprint density at radius 2 is 1.89 bits per heavy atom. The van der Waals surface area contributed by atoms with E-state index in [0.717, 1.165) is 30.1 Å². The Morgan fingerprint density at radius 3 is 2.67 bits per heavy atom. The van der Waals surface area contributed by atoms with Gasteiger partial charge in [0, 0.05) is 37.7 Å². The van der Waals surface area contributed by atoms with Gasteiger partial charge in [0.2, 0.25) is 5.91 Å². The minimum Gasteiger partial charge on any atom is -0.493 e. The number of ether oxygens (including phenoxy) is 2. The predicted octanol–water partition coefficient (Wildman–Crippen LogP) is 2.36. The first-order valence-electron chi connectivity index (χ1n) is 8.99. The number of rotatable bonds is 3. The molecule has 0 fully saturated rings. The Bertz CT molecular complexity index is 923. The Balaban J connectivity index is 1.90. The number of hydrogen-bond acceptors (Lipinski definition) is 5. The number of aliphatic imine (C=N–C) groups is 1. The van der Waals surface area contributed by atoms with Crippen molar-refractivity contribution in [3.63, 3.8) is 0 Å². The lowest BCUT2D eigenvalue weighted by atomic mass is 9.84. The fourth-order valence-corrected chi connectivity index (χ4v) is 3.87. The first-order valence-corrected chi connectivity index (χ1v) is 8.99. The number of amides is 1. The molecular formula is C21H23N3O3. The smallest absolute Gasteiger partial charge is 0.248 e. The highest BCUT2D eigenvalue weighted by Gasteiger charge is 2.31. The van der Waals surface area contributed by atoms with E-state index in [2.05, 4.69) is 29.6 Å². The van der Waals surface area contributed by atoms with E-state index in [1.54, 1.807) is 26.2 Å². The van der Waals surface area contributed by atoms with Gasteiger partial charge >= 0.3 is 0 Å². The SMILES string of the molecule is COc1cc2c(cc1OC)N(C)C(=O)CN=C2C1CNCc2ccccc21. The number of anilines is 1. The minimum absolute atomic E-state index is 0.0458. The Labute approximate surface area is 158 Å². The zero-order chi connectivity index (χ0) is 19.0. The van der Waals surface area contributed by atoms with Gasteiger partial charge in [-0.2, -0.15) is 0 Å². The molecule has 0 saturated heterocycles. The quantitative estimate of drug-likeness (QED) is 0.907. The third kappa shape index (κ3) is 2.96. The van der Waals surface area contributed by atoms with Crippen LogP contribution in [0, 0.1) is 0 Å². The summed E-state index contributed by atoms with van der Waals surface area (Å²) >= 11 is 0. The Hall–Kier alpha value is -2.86. The van der Waals surface area contributed by atoms with E-state index in [0.29, 0.717) is 11.5 Å². The summed E-state index contributed by atoms with van der Waals surface area (Å²) < 4.78 is 11.0. The van der Waals surface area contributed by atoms with E-state index in [-0.39, 0.29) is 18.4 Å². The van der Waals surface area contributed by atoms with E-state index in [1.165, 1.54) is 11.1 Å². The molecule has 0 spiro atoms. The van der Waals surface area contributed by atoms with Gasteiger partial charge < -0.3 is 19.7 Å². The molecule has 1 amide bonds. The van der Waals surface area contributed by atoms with Crippen molar-refractivity contribution in [2.24, 2.45) is 4.99 Å². The average molecular weight is 365 g/mol. The Kier molecular flexibility index (Phi) is 4.58. The van der Waals surface area contributed by atoms with Crippen LogP contribution in [0.3, 0.4) is 0 Å². The van der Waals surface area contributed by atoms with E-state index < -0.39 is 0 Å². The van der Waals surface area contributed by atoms with Gasteiger partial charge in [-0.3, -0.25) is 9.79 Å². The summed E-state index contributed by atoms with van der Waals surface area (Å²) in [5, 5.41) is 3.48. The molecule has 0 bridgehead atoms. The van der Waals surface area contributed by atoms with Gasteiger partial charge in [0.1, 0.15) is 6.54 Å². The maximum absolute atomic E-state index is 12.5. The first kappa shape index (κ1) is 17.5. The monoisotopic (exact) mass is 365 g/mol. The van der Waals surface area contributed by atoms with Gasteiger partial charge in [-0.1, -0.05) is 24.3 Å². The van der Waals surface area contributed by atoms with Crippen LogP contribution in [0.25, 0.3) is 0 Å². The standard InChI is InChI=1S/C21H23N3O3/c1-24-17-9-19(27-3)18(26-2)8-15(17)21(23-12-20(24)25)16-11-22-10-13-6-4-5-7-14(13)16/h4-9,16,22H,10-12H2,1-3H3. The molecular weight excluding hydrogens is 342 g/mol. The highest BCUT2D eigenvalue weighted by Crippen LogP contribution is 2.39. The van der Waals surface area contributed by atoms with Crippen LogP contribution in [0.15, 0.2) is 41.4 Å². The van der Waals surface area contributed by atoms with E-state index in [9.17, 15) is 4.79 Å². The number of fused-ring (bicyclic) bond motifs is 2. The summed E-state index contributed by atoms with van der Waals surface area (Å²) in [6.07, 6.45) is 0. The topological polar surface area (TPSA) is 63.2 Å². The zero-order valence-electron chi connectivity index (χ0n) is 15.8. The van der Waals surface area contributed by atoms with Crippen LogP contribution in [0.1, 0.15) is 22.6 Å². The summed E-state index contributed by atoms with van der Waals surface area (Å²) in [7, 11) is 4.99. The van der Waals surface area contributed by atoms with Crippen LogP contribution >= 0.6 is 0 Å². The number of benzene rings is 2. The molecule has 1 N–H and O–H groups in total. The highest BCUT2D eigenvalue weighted by molar-refractivity contribution is 6.15. The normalized spacial score (nSPS) is 18.9. The molecule has 0 saturated carbocycles. The molecule has 140 valence electrons.